The van der Waals surface area contributed by atoms with Crippen LogP contribution in [0.25, 0.3) is 6.08 Å². The largest absolute Gasteiger partial charge is 0.496 e. The highest BCUT2D eigenvalue weighted by molar-refractivity contribution is 6.06. The second kappa shape index (κ2) is 10.6. The van der Waals surface area contributed by atoms with Crippen LogP contribution >= 0.6 is 0 Å². The molecule has 0 N–H and O–H groups in total. The monoisotopic (exact) mass is 438 g/mol. The first-order valence-electron chi connectivity index (χ1n) is 10.0. The van der Waals surface area contributed by atoms with E-state index in [1.807, 2.05) is 50.2 Å². The summed E-state index contributed by atoms with van der Waals surface area (Å²) in [5.74, 6) is 1.25. The molecule has 0 aliphatic carbocycles. The van der Waals surface area contributed by atoms with Crippen molar-refractivity contribution in [2.45, 2.75) is 27.1 Å². The lowest BCUT2D eigenvalue weighted by molar-refractivity contribution is -0.0498. The molecular formula is C26H24F2O4. The maximum absolute atomic E-state index is 12.4. The number of ether oxygens (including phenoxy) is 3. The lowest BCUT2D eigenvalue weighted by Gasteiger charge is -2.13. The van der Waals surface area contributed by atoms with Crippen LogP contribution in [0.1, 0.15) is 32.6 Å². The number of methoxy groups -OCH3 is 1. The van der Waals surface area contributed by atoms with Crippen molar-refractivity contribution in [2.75, 3.05) is 7.11 Å². The van der Waals surface area contributed by atoms with Crippen molar-refractivity contribution in [1.29, 1.82) is 0 Å². The van der Waals surface area contributed by atoms with Gasteiger partial charge in [0.25, 0.3) is 0 Å². The molecule has 0 aliphatic rings. The van der Waals surface area contributed by atoms with Gasteiger partial charge in [0, 0.05) is 11.1 Å². The van der Waals surface area contributed by atoms with E-state index < -0.39 is 6.61 Å². The Hall–Kier alpha value is -3.67. The van der Waals surface area contributed by atoms with Crippen molar-refractivity contribution in [3.63, 3.8) is 0 Å². The first-order valence-corrected chi connectivity index (χ1v) is 10.0. The molecule has 166 valence electrons. The SMILES string of the molecule is COc1ccc(/C=C/C(=O)c2ccc(OC(F)F)cc2)cc1COc1cccc(C)c1C. The van der Waals surface area contributed by atoms with Crippen LogP contribution in [0, 0.1) is 13.8 Å². The molecule has 3 aromatic carbocycles. The van der Waals surface area contributed by atoms with Crippen molar-refractivity contribution >= 4 is 11.9 Å². The molecule has 0 aliphatic heterocycles. The van der Waals surface area contributed by atoms with Gasteiger partial charge in [-0.3, -0.25) is 4.79 Å². The first-order chi connectivity index (χ1) is 15.4. The second-order valence-electron chi connectivity index (χ2n) is 7.16. The molecule has 0 saturated heterocycles. The quantitative estimate of drug-likeness (QED) is 0.287. The van der Waals surface area contributed by atoms with Crippen LogP contribution in [0.3, 0.4) is 0 Å². The number of aryl methyl sites for hydroxylation is 1. The summed E-state index contributed by atoms with van der Waals surface area (Å²) in [7, 11) is 1.59. The third-order valence-corrected chi connectivity index (χ3v) is 5.03. The molecule has 0 fully saturated rings. The van der Waals surface area contributed by atoms with Gasteiger partial charge in [0.2, 0.25) is 0 Å². The third-order valence-electron chi connectivity index (χ3n) is 5.03. The summed E-state index contributed by atoms with van der Waals surface area (Å²) in [6.07, 6.45) is 3.12. The molecule has 0 bridgehead atoms. The summed E-state index contributed by atoms with van der Waals surface area (Å²) in [5, 5.41) is 0. The van der Waals surface area contributed by atoms with E-state index in [0.717, 1.165) is 28.0 Å². The van der Waals surface area contributed by atoms with Crippen molar-refractivity contribution in [2.24, 2.45) is 0 Å². The Morgan fingerprint density at radius 3 is 2.44 bits per heavy atom. The summed E-state index contributed by atoms with van der Waals surface area (Å²) in [4.78, 5) is 12.4. The predicted molar refractivity (Wildman–Crippen MR) is 120 cm³/mol. The maximum Gasteiger partial charge on any atom is 0.387 e. The van der Waals surface area contributed by atoms with Crippen molar-refractivity contribution in [3.05, 3.63) is 94.6 Å². The van der Waals surface area contributed by atoms with Gasteiger partial charge in [0.1, 0.15) is 23.9 Å². The number of carbonyl (C=O) groups excluding carboxylic acids is 1. The fourth-order valence-electron chi connectivity index (χ4n) is 3.12. The molecule has 0 aromatic heterocycles. The Bertz CT molecular complexity index is 1110. The highest BCUT2D eigenvalue weighted by Gasteiger charge is 2.09. The molecule has 0 amide bonds. The Balaban J connectivity index is 1.72. The van der Waals surface area contributed by atoms with Gasteiger partial charge in [0.15, 0.2) is 5.78 Å². The molecule has 0 radical (unpaired) electrons. The minimum atomic E-state index is -2.90. The zero-order valence-corrected chi connectivity index (χ0v) is 18.1. The van der Waals surface area contributed by atoms with E-state index in [4.69, 9.17) is 9.47 Å². The van der Waals surface area contributed by atoms with Gasteiger partial charge in [-0.25, -0.2) is 0 Å². The zero-order chi connectivity index (χ0) is 23.1. The fraction of sp³-hybridized carbons (Fsp3) is 0.192. The molecule has 3 rings (SSSR count). The van der Waals surface area contributed by atoms with Crippen molar-refractivity contribution < 1.29 is 27.8 Å². The van der Waals surface area contributed by atoms with E-state index in [-0.39, 0.29) is 11.5 Å². The van der Waals surface area contributed by atoms with Crippen LogP contribution in [0.4, 0.5) is 8.78 Å². The van der Waals surface area contributed by atoms with Crippen LogP contribution < -0.4 is 14.2 Å². The van der Waals surface area contributed by atoms with E-state index in [9.17, 15) is 13.6 Å². The van der Waals surface area contributed by atoms with E-state index >= 15 is 0 Å². The standard InChI is InChI=1S/C26H24F2O4/c1-17-5-4-6-24(18(17)2)31-16-21-15-19(8-14-25(21)30-3)7-13-23(29)20-9-11-22(12-10-20)32-26(27)28/h4-15,26H,16H2,1-3H3/b13-7+. The summed E-state index contributed by atoms with van der Waals surface area (Å²) in [6, 6.07) is 17.0. The minimum Gasteiger partial charge on any atom is -0.496 e. The number of alkyl halides is 2. The van der Waals surface area contributed by atoms with Gasteiger partial charge in [0.05, 0.1) is 7.11 Å². The zero-order valence-electron chi connectivity index (χ0n) is 18.1. The number of carbonyl (C=O) groups is 1. The van der Waals surface area contributed by atoms with E-state index in [0.29, 0.717) is 17.9 Å². The van der Waals surface area contributed by atoms with Crippen LogP contribution in [-0.2, 0) is 6.61 Å². The molecule has 0 saturated carbocycles. The lowest BCUT2D eigenvalue weighted by Crippen LogP contribution is -2.02. The minimum absolute atomic E-state index is 0.00386. The topological polar surface area (TPSA) is 44.8 Å². The van der Waals surface area contributed by atoms with Crippen LogP contribution in [-0.4, -0.2) is 19.5 Å². The number of allylic oxidation sites excluding steroid dienone is 1. The Kier molecular flexibility index (Phi) is 7.60. The second-order valence-corrected chi connectivity index (χ2v) is 7.16. The molecule has 3 aromatic rings. The average Bonchev–Trinajstić information content (AvgIpc) is 2.78. The summed E-state index contributed by atoms with van der Waals surface area (Å²) < 4.78 is 40.2. The lowest BCUT2D eigenvalue weighted by atomic mass is 10.1. The molecule has 0 unspecified atom stereocenters. The Morgan fingerprint density at radius 2 is 1.75 bits per heavy atom. The molecule has 0 spiro atoms. The van der Waals surface area contributed by atoms with E-state index in [1.165, 1.54) is 30.3 Å². The molecule has 6 heteroatoms. The predicted octanol–water partition coefficient (Wildman–Crippen LogP) is 6.39. The summed E-state index contributed by atoms with van der Waals surface area (Å²) >= 11 is 0. The average molecular weight is 438 g/mol. The molecule has 4 nitrogen and oxygen atoms in total. The third kappa shape index (κ3) is 5.94. The van der Waals surface area contributed by atoms with Crippen LogP contribution in [0.15, 0.2) is 66.7 Å². The number of ketones is 1. The Morgan fingerprint density at radius 1 is 1.00 bits per heavy atom. The summed E-state index contributed by atoms with van der Waals surface area (Å²) in [5.41, 5.74) is 4.25. The van der Waals surface area contributed by atoms with E-state index in [1.54, 1.807) is 13.2 Å². The normalized spacial score (nSPS) is 11.1. The van der Waals surface area contributed by atoms with Gasteiger partial charge < -0.3 is 14.2 Å². The fourth-order valence-corrected chi connectivity index (χ4v) is 3.12. The van der Waals surface area contributed by atoms with Crippen LogP contribution in [0.2, 0.25) is 0 Å². The first kappa shape index (κ1) is 23.0. The molecule has 0 heterocycles. The van der Waals surface area contributed by atoms with E-state index in [2.05, 4.69) is 4.74 Å². The van der Waals surface area contributed by atoms with Gasteiger partial charge in [-0.2, -0.15) is 8.78 Å². The number of hydrogen-bond acceptors (Lipinski definition) is 4. The highest BCUT2D eigenvalue weighted by Crippen LogP contribution is 2.26. The van der Waals surface area contributed by atoms with Gasteiger partial charge in [-0.1, -0.05) is 24.3 Å². The van der Waals surface area contributed by atoms with Crippen molar-refractivity contribution in [1.82, 2.24) is 0 Å². The van der Waals surface area contributed by atoms with Gasteiger partial charge in [-0.15, -0.1) is 0 Å². The van der Waals surface area contributed by atoms with Crippen LogP contribution in [0.5, 0.6) is 17.2 Å². The van der Waals surface area contributed by atoms with Gasteiger partial charge in [-0.05, 0) is 79.1 Å². The smallest absolute Gasteiger partial charge is 0.387 e. The number of rotatable bonds is 9. The summed E-state index contributed by atoms with van der Waals surface area (Å²) in [6.45, 7) is 1.46. The number of halogens is 2. The number of benzene rings is 3. The highest BCUT2D eigenvalue weighted by atomic mass is 19.3. The molecule has 32 heavy (non-hydrogen) atoms. The van der Waals surface area contributed by atoms with Gasteiger partial charge >= 0.3 is 6.61 Å². The molecular weight excluding hydrogens is 414 g/mol. The maximum atomic E-state index is 12.4. The molecule has 0 atom stereocenters. The Labute approximate surface area is 186 Å². The van der Waals surface area contributed by atoms with Crippen molar-refractivity contribution in [3.8, 4) is 17.2 Å². The number of hydrogen-bond donors (Lipinski definition) is 0.